The summed E-state index contributed by atoms with van der Waals surface area (Å²) in [5, 5.41) is 3.26. The average Bonchev–Trinajstić information content (AvgIpc) is 2.65. The van der Waals surface area contributed by atoms with E-state index < -0.39 is 0 Å². The zero-order chi connectivity index (χ0) is 10.9. The van der Waals surface area contributed by atoms with Gasteiger partial charge in [0.25, 0.3) is 0 Å². The van der Waals surface area contributed by atoms with Crippen LogP contribution in [0.4, 0.5) is 0 Å². The van der Waals surface area contributed by atoms with Crippen molar-refractivity contribution in [2.24, 2.45) is 11.7 Å². The van der Waals surface area contributed by atoms with Gasteiger partial charge >= 0.3 is 0 Å². The van der Waals surface area contributed by atoms with Crippen LogP contribution in [-0.4, -0.2) is 4.98 Å². The van der Waals surface area contributed by atoms with E-state index in [9.17, 15) is 0 Å². The van der Waals surface area contributed by atoms with Crippen LogP contribution in [0.1, 0.15) is 49.7 Å². The summed E-state index contributed by atoms with van der Waals surface area (Å²) in [6, 6.07) is 0. The zero-order valence-corrected chi connectivity index (χ0v) is 10.4. The van der Waals surface area contributed by atoms with E-state index in [1.54, 1.807) is 11.3 Å². The second-order valence-corrected chi connectivity index (χ2v) is 5.68. The van der Waals surface area contributed by atoms with Crippen molar-refractivity contribution in [1.82, 2.24) is 4.98 Å². The van der Waals surface area contributed by atoms with Gasteiger partial charge in [-0.3, -0.25) is 0 Å². The summed E-state index contributed by atoms with van der Waals surface area (Å²) in [5.41, 5.74) is 7.49. The Hall–Kier alpha value is -0.410. The molecule has 1 aliphatic rings. The van der Waals surface area contributed by atoms with E-state index in [1.165, 1.54) is 19.3 Å². The summed E-state index contributed by atoms with van der Waals surface area (Å²) in [4.78, 5) is 4.57. The number of nitrogens with two attached hydrogens (primary N) is 1. The Morgan fingerprint density at radius 3 is 3.07 bits per heavy atom. The Balaban J connectivity index is 2.18. The molecule has 2 atom stereocenters. The monoisotopic (exact) mass is 224 g/mol. The maximum Gasteiger partial charge on any atom is 0.113 e. The number of rotatable bonds is 2. The smallest absolute Gasteiger partial charge is 0.113 e. The van der Waals surface area contributed by atoms with Gasteiger partial charge in [0.1, 0.15) is 5.01 Å². The number of aryl methyl sites for hydroxylation is 1. The van der Waals surface area contributed by atoms with Crippen LogP contribution in [0.25, 0.3) is 0 Å². The molecular formula is C12H20N2S. The number of hydrogen-bond acceptors (Lipinski definition) is 3. The van der Waals surface area contributed by atoms with Gasteiger partial charge in [0.15, 0.2) is 0 Å². The molecule has 1 saturated carbocycles. The maximum atomic E-state index is 6.51. The fraction of sp³-hybridized carbons (Fsp3) is 0.750. The zero-order valence-electron chi connectivity index (χ0n) is 9.62. The van der Waals surface area contributed by atoms with Crippen molar-refractivity contribution in [2.75, 3.05) is 0 Å². The molecule has 2 N–H and O–H groups in total. The van der Waals surface area contributed by atoms with Crippen LogP contribution in [0.3, 0.4) is 0 Å². The lowest BCUT2D eigenvalue weighted by Crippen LogP contribution is -2.41. The van der Waals surface area contributed by atoms with E-state index in [1.807, 2.05) is 6.92 Å². The molecule has 1 heterocycles. The molecule has 0 spiro atoms. The Bertz CT molecular complexity index is 334. The lowest BCUT2D eigenvalue weighted by Gasteiger charge is -2.36. The standard InChI is InChI=1S/C12H20N2S/c1-3-10-5-4-6-12(13,7-10)11-14-9(2)8-15-11/h8,10H,3-7,13H2,1-2H3. The Kier molecular flexibility index (Phi) is 3.12. The van der Waals surface area contributed by atoms with Crippen molar-refractivity contribution in [3.8, 4) is 0 Å². The molecule has 15 heavy (non-hydrogen) atoms. The first-order valence-corrected chi connectivity index (χ1v) is 6.73. The molecule has 0 amide bonds. The van der Waals surface area contributed by atoms with E-state index in [0.717, 1.165) is 29.5 Å². The van der Waals surface area contributed by atoms with E-state index in [4.69, 9.17) is 5.73 Å². The first-order valence-electron chi connectivity index (χ1n) is 5.85. The van der Waals surface area contributed by atoms with Crippen LogP contribution in [0.2, 0.25) is 0 Å². The highest BCUT2D eigenvalue weighted by Crippen LogP contribution is 2.40. The highest BCUT2D eigenvalue weighted by Gasteiger charge is 2.35. The molecule has 1 aromatic rings. The Morgan fingerprint density at radius 1 is 1.67 bits per heavy atom. The SMILES string of the molecule is CCC1CCCC(N)(c2nc(C)cs2)C1. The molecule has 0 aliphatic heterocycles. The molecule has 84 valence electrons. The van der Waals surface area contributed by atoms with Crippen LogP contribution in [0.15, 0.2) is 5.38 Å². The summed E-state index contributed by atoms with van der Waals surface area (Å²) in [5.74, 6) is 0.799. The van der Waals surface area contributed by atoms with E-state index in [-0.39, 0.29) is 5.54 Å². The Labute approximate surface area is 95.9 Å². The van der Waals surface area contributed by atoms with Crippen molar-refractivity contribution in [1.29, 1.82) is 0 Å². The van der Waals surface area contributed by atoms with Gasteiger partial charge in [-0.1, -0.05) is 26.2 Å². The van der Waals surface area contributed by atoms with Crippen LogP contribution in [0.5, 0.6) is 0 Å². The molecule has 2 unspecified atom stereocenters. The second kappa shape index (κ2) is 4.22. The summed E-state index contributed by atoms with van der Waals surface area (Å²) < 4.78 is 0. The molecule has 1 fully saturated rings. The minimum absolute atomic E-state index is 0.127. The molecule has 2 nitrogen and oxygen atoms in total. The summed E-state index contributed by atoms with van der Waals surface area (Å²) >= 11 is 1.73. The predicted molar refractivity (Wildman–Crippen MR) is 65.0 cm³/mol. The molecular weight excluding hydrogens is 204 g/mol. The van der Waals surface area contributed by atoms with Gasteiger partial charge in [-0.05, 0) is 25.7 Å². The third kappa shape index (κ3) is 2.23. The molecule has 0 aromatic carbocycles. The molecule has 0 bridgehead atoms. The van der Waals surface area contributed by atoms with Crippen molar-refractivity contribution in [2.45, 2.75) is 51.5 Å². The average molecular weight is 224 g/mol. The highest BCUT2D eigenvalue weighted by atomic mass is 32.1. The predicted octanol–water partition coefficient (Wildman–Crippen LogP) is 3.21. The minimum Gasteiger partial charge on any atom is -0.319 e. The molecule has 0 saturated heterocycles. The van der Waals surface area contributed by atoms with Crippen molar-refractivity contribution in [3.05, 3.63) is 16.1 Å². The van der Waals surface area contributed by atoms with Crippen molar-refractivity contribution in [3.63, 3.8) is 0 Å². The van der Waals surface area contributed by atoms with E-state index in [2.05, 4.69) is 17.3 Å². The molecule has 3 heteroatoms. The third-order valence-corrected chi connectivity index (χ3v) is 4.69. The van der Waals surface area contributed by atoms with Crippen LogP contribution in [0, 0.1) is 12.8 Å². The first-order chi connectivity index (χ1) is 7.14. The summed E-state index contributed by atoms with van der Waals surface area (Å²) in [6.45, 7) is 4.31. The molecule has 1 aliphatic carbocycles. The van der Waals surface area contributed by atoms with Gasteiger partial charge in [-0.15, -0.1) is 11.3 Å². The minimum atomic E-state index is -0.127. The number of hydrogen-bond donors (Lipinski definition) is 1. The van der Waals surface area contributed by atoms with Gasteiger partial charge < -0.3 is 5.73 Å². The van der Waals surface area contributed by atoms with Gasteiger partial charge in [0, 0.05) is 11.1 Å². The van der Waals surface area contributed by atoms with Gasteiger partial charge in [-0.25, -0.2) is 4.98 Å². The third-order valence-electron chi connectivity index (χ3n) is 3.51. The van der Waals surface area contributed by atoms with Crippen LogP contribution < -0.4 is 5.73 Å². The van der Waals surface area contributed by atoms with E-state index in [0.29, 0.717) is 0 Å². The molecule has 2 rings (SSSR count). The molecule has 0 radical (unpaired) electrons. The van der Waals surface area contributed by atoms with Gasteiger partial charge in [-0.2, -0.15) is 0 Å². The quantitative estimate of drug-likeness (QED) is 0.838. The lowest BCUT2D eigenvalue weighted by molar-refractivity contribution is 0.221. The second-order valence-electron chi connectivity index (χ2n) is 4.82. The highest BCUT2D eigenvalue weighted by molar-refractivity contribution is 7.09. The fourth-order valence-corrected chi connectivity index (χ4v) is 3.50. The van der Waals surface area contributed by atoms with Gasteiger partial charge in [0.05, 0.1) is 5.54 Å². The normalized spacial score (nSPS) is 31.8. The summed E-state index contributed by atoms with van der Waals surface area (Å²) in [6.07, 6.45) is 6.09. The number of aromatic nitrogens is 1. The van der Waals surface area contributed by atoms with Crippen LogP contribution >= 0.6 is 11.3 Å². The van der Waals surface area contributed by atoms with Crippen molar-refractivity contribution >= 4 is 11.3 Å². The maximum absolute atomic E-state index is 6.51. The van der Waals surface area contributed by atoms with Crippen LogP contribution in [-0.2, 0) is 5.54 Å². The topological polar surface area (TPSA) is 38.9 Å². The molecule has 1 aromatic heterocycles. The van der Waals surface area contributed by atoms with Crippen molar-refractivity contribution < 1.29 is 0 Å². The Morgan fingerprint density at radius 2 is 2.47 bits per heavy atom. The lowest BCUT2D eigenvalue weighted by atomic mass is 9.75. The number of thiazole rings is 1. The summed E-state index contributed by atoms with van der Waals surface area (Å²) in [7, 11) is 0. The first kappa shape index (κ1) is 11.1. The largest absolute Gasteiger partial charge is 0.319 e. The fourth-order valence-electron chi connectivity index (χ4n) is 2.55. The van der Waals surface area contributed by atoms with Gasteiger partial charge in [0.2, 0.25) is 0 Å². The number of nitrogens with zero attached hydrogens (tertiary/aromatic N) is 1. The van der Waals surface area contributed by atoms with E-state index >= 15 is 0 Å².